The second kappa shape index (κ2) is 7.26. The van der Waals surface area contributed by atoms with Gasteiger partial charge in [0.2, 0.25) is 0 Å². The summed E-state index contributed by atoms with van der Waals surface area (Å²) in [6, 6.07) is 5.24. The van der Waals surface area contributed by atoms with Gasteiger partial charge in [-0.2, -0.15) is 5.10 Å². The van der Waals surface area contributed by atoms with Crippen molar-refractivity contribution in [1.82, 2.24) is 15.2 Å². The van der Waals surface area contributed by atoms with E-state index in [1.165, 1.54) is 0 Å². The first-order valence-electron chi connectivity index (χ1n) is 7.52. The second-order valence-electron chi connectivity index (χ2n) is 5.56. The van der Waals surface area contributed by atoms with Crippen LogP contribution < -0.4 is 15.2 Å². The molecule has 120 valence electrons. The molecule has 0 radical (unpaired) electrons. The Hall–Kier alpha value is -2.08. The summed E-state index contributed by atoms with van der Waals surface area (Å²) in [5.74, 6) is 3.33. The molecule has 3 N–H and O–H groups in total. The van der Waals surface area contributed by atoms with E-state index in [1.54, 1.807) is 7.11 Å². The molecule has 1 aromatic carbocycles. The van der Waals surface area contributed by atoms with Crippen molar-refractivity contribution in [2.45, 2.75) is 33.2 Å². The average molecular weight is 304 g/mol. The molecule has 0 saturated carbocycles. The summed E-state index contributed by atoms with van der Waals surface area (Å²) in [4.78, 5) is 4.48. The second-order valence-corrected chi connectivity index (χ2v) is 5.56. The monoisotopic (exact) mass is 304 g/mol. The predicted molar refractivity (Wildman–Crippen MR) is 85.1 cm³/mol. The number of H-pyrrole nitrogens is 1. The van der Waals surface area contributed by atoms with Crippen molar-refractivity contribution < 1.29 is 9.47 Å². The predicted octanol–water partition coefficient (Wildman–Crippen LogP) is 2.46. The fourth-order valence-corrected chi connectivity index (χ4v) is 2.23. The van der Waals surface area contributed by atoms with E-state index in [4.69, 9.17) is 15.2 Å². The number of rotatable bonds is 7. The fourth-order valence-electron chi connectivity index (χ4n) is 2.23. The van der Waals surface area contributed by atoms with Crippen molar-refractivity contribution in [2.75, 3.05) is 13.7 Å². The topological polar surface area (TPSA) is 86.0 Å². The molecule has 2 aromatic rings. The third-order valence-corrected chi connectivity index (χ3v) is 3.28. The summed E-state index contributed by atoms with van der Waals surface area (Å²) < 4.78 is 10.9. The highest BCUT2D eigenvalue weighted by Crippen LogP contribution is 2.31. The molecule has 6 heteroatoms. The number of aromatic amines is 1. The van der Waals surface area contributed by atoms with E-state index in [0.29, 0.717) is 29.8 Å². The van der Waals surface area contributed by atoms with Crippen LogP contribution in [0.4, 0.5) is 0 Å². The van der Waals surface area contributed by atoms with E-state index in [-0.39, 0.29) is 0 Å². The highest BCUT2D eigenvalue weighted by molar-refractivity contribution is 5.44. The maximum Gasteiger partial charge on any atom is 0.171 e. The molecule has 0 spiro atoms. The van der Waals surface area contributed by atoms with Crippen LogP contribution in [0.3, 0.4) is 0 Å². The first-order chi connectivity index (χ1) is 10.5. The third kappa shape index (κ3) is 3.76. The number of nitrogens with zero attached hydrogens (tertiary/aromatic N) is 2. The Balaban J connectivity index is 2.23. The Labute approximate surface area is 131 Å². The van der Waals surface area contributed by atoms with Gasteiger partial charge in [0.05, 0.1) is 19.8 Å². The fraction of sp³-hybridized carbons (Fsp3) is 0.500. The van der Waals surface area contributed by atoms with E-state index in [9.17, 15) is 0 Å². The maximum absolute atomic E-state index is 6.28. The molecule has 6 nitrogen and oxygen atoms in total. The Bertz CT molecular complexity index is 610. The van der Waals surface area contributed by atoms with Gasteiger partial charge in [0, 0.05) is 6.42 Å². The molecule has 0 aliphatic rings. The normalized spacial score (nSPS) is 12.5. The molecule has 0 fully saturated rings. The highest BCUT2D eigenvalue weighted by Gasteiger charge is 2.17. The Morgan fingerprint density at radius 3 is 2.68 bits per heavy atom. The van der Waals surface area contributed by atoms with E-state index in [1.807, 2.05) is 25.1 Å². The Morgan fingerprint density at radius 2 is 2.05 bits per heavy atom. The minimum atomic E-state index is -0.401. The molecule has 0 aliphatic heterocycles. The summed E-state index contributed by atoms with van der Waals surface area (Å²) in [5, 5.41) is 7.18. The molecule has 0 aliphatic carbocycles. The average Bonchev–Trinajstić information content (AvgIpc) is 2.94. The van der Waals surface area contributed by atoms with E-state index in [0.717, 1.165) is 17.8 Å². The van der Waals surface area contributed by atoms with Crippen LogP contribution in [0.5, 0.6) is 11.5 Å². The van der Waals surface area contributed by atoms with Crippen LogP contribution in [0.25, 0.3) is 0 Å². The van der Waals surface area contributed by atoms with Gasteiger partial charge >= 0.3 is 0 Å². The van der Waals surface area contributed by atoms with Crippen LogP contribution in [-0.4, -0.2) is 28.9 Å². The lowest BCUT2D eigenvalue weighted by molar-refractivity contribution is 0.310. The molecule has 0 amide bonds. The molecule has 22 heavy (non-hydrogen) atoms. The van der Waals surface area contributed by atoms with Gasteiger partial charge in [0.1, 0.15) is 5.82 Å². The summed E-state index contributed by atoms with van der Waals surface area (Å²) in [5.41, 5.74) is 7.16. The highest BCUT2D eigenvalue weighted by atomic mass is 16.5. The number of aromatic nitrogens is 3. The number of nitrogens with one attached hydrogen (secondary N) is 1. The molecule has 1 aromatic heterocycles. The lowest BCUT2D eigenvalue weighted by Crippen LogP contribution is -2.14. The number of benzene rings is 1. The molecular weight excluding hydrogens is 280 g/mol. The number of methoxy groups -OCH3 is 1. The summed E-state index contributed by atoms with van der Waals surface area (Å²) >= 11 is 0. The zero-order valence-corrected chi connectivity index (χ0v) is 13.6. The Kier molecular flexibility index (Phi) is 5.38. The van der Waals surface area contributed by atoms with Gasteiger partial charge < -0.3 is 15.2 Å². The van der Waals surface area contributed by atoms with Crippen LogP contribution in [0.2, 0.25) is 0 Å². The number of hydrogen-bond acceptors (Lipinski definition) is 5. The van der Waals surface area contributed by atoms with E-state index < -0.39 is 6.04 Å². The molecule has 0 unspecified atom stereocenters. The third-order valence-electron chi connectivity index (χ3n) is 3.28. The number of hydrogen-bond donors (Lipinski definition) is 2. The molecule has 0 bridgehead atoms. The quantitative estimate of drug-likeness (QED) is 0.820. The molecule has 2 rings (SSSR count). The van der Waals surface area contributed by atoms with Crippen LogP contribution in [0, 0.1) is 5.92 Å². The van der Waals surface area contributed by atoms with Gasteiger partial charge in [-0.3, -0.25) is 5.10 Å². The lowest BCUT2D eigenvalue weighted by atomic mass is 10.1. The zero-order valence-electron chi connectivity index (χ0n) is 13.6. The standard InChI is InChI=1S/C16H24N4O2/c1-5-22-13-9-11(6-7-12(13)21-4)15(17)16-18-14(19-20-16)8-10(2)3/h6-7,9-10,15H,5,8,17H2,1-4H3,(H,18,19,20)/t15-/m1/s1. The van der Waals surface area contributed by atoms with Gasteiger partial charge in [-0.15, -0.1) is 0 Å². The largest absolute Gasteiger partial charge is 0.493 e. The van der Waals surface area contributed by atoms with Gasteiger partial charge in [-0.05, 0) is 30.5 Å². The van der Waals surface area contributed by atoms with E-state index >= 15 is 0 Å². The van der Waals surface area contributed by atoms with Gasteiger partial charge in [-0.25, -0.2) is 4.98 Å². The molecule has 1 atom stereocenters. The maximum atomic E-state index is 6.28. The SMILES string of the molecule is CCOc1cc([C@@H](N)c2n[nH]c(CC(C)C)n2)ccc1OC. The van der Waals surface area contributed by atoms with Crippen molar-refractivity contribution in [3.05, 3.63) is 35.4 Å². The molecule has 1 heterocycles. The van der Waals surface area contributed by atoms with Crippen LogP contribution >= 0.6 is 0 Å². The molecular formula is C16H24N4O2. The lowest BCUT2D eigenvalue weighted by Gasteiger charge is -2.13. The first-order valence-corrected chi connectivity index (χ1v) is 7.52. The van der Waals surface area contributed by atoms with Crippen molar-refractivity contribution in [3.63, 3.8) is 0 Å². The summed E-state index contributed by atoms with van der Waals surface area (Å²) in [7, 11) is 1.62. The first kappa shape index (κ1) is 16.3. The number of nitrogens with two attached hydrogens (primary N) is 1. The summed E-state index contributed by atoms with van der Waals surface area (Å²) in [6.45, 7) is 6.77. The smallest absolute Gasteiger partial charge is 0.171 e. The van der Waals surface area contributed by atoms with Crippen LogP contribution in [-0.2, 0) is 6.42 Å². The van der Waals surface area contributed by atoms with Gasteiger partial charge in [0.15, 0.2) is 17.3 Å². The van der Waals surface area contributed by atoms with Gasteiger partial charge in [-0.1, -0.05) is 19.9 Å². The van der Waals surface area contributed by atoms with Crippen LogP contribution in [0.15, 0.2) is 18.2 Å². The van der Waals surface area contributed by atoms with Crippen molar-refractivity contribution in [3.8, 4) is 11.5 Å². The molecule has 0 saturated heterocycles. The van der Waals surface area contributed by atoms with E-state index in [2.05, 4.69) is 29.0 Å². The zero-order chi connectivity index (χ0) is 16.1. The van der Waals surface area contributed by atoms with Gasteiger partial charge in [0.25, 0.3) is 0 Å². The minimum absolute atomic E-state index is 0.401. The Morgan fingerprint density at radius 1 is 1.27 bits per heavy atom. The van der Waals surface area contributed by atoms with Crippen LogP contribution in [0.1, 0.15) is 44.0 Å². The number of ether oxygens (including phenoxy) is 2. The minimum Gasteiger partial charge on any atom is -0.493 e. The van der Waals surface area contributed by atoms with Crippen molar-refractivity contribution in [1.29, 1.82) is 0 Å². The van der Waals surface area contributed by atoms with Crippen molar-refractivity contribution >= 4 is 0 Å². The summed E-state index contributed by atoms with van der Waals surface area (Å²) in [6.07, 6.45) is 0.854. The van der Waals surface area contributed by atoms with Crippen molar-refractivity contribution in [2.24, 2.45) is 11.7 Å².